The lowest BCUT2D eigenvalue weighted by Gasteiger charge is -2.26. The standard InChI is InChI=1S/C8H16O6/c1-13-4-6(11)8(14-2)7(12)5(10)3-9/h3,5-8,10-12H,4H2,1-2H3/t5-,6-,7-,8-/m0/s1/i1D,2D. The van der Waals surface area contributed by atoms with Gasteiger partial charge in [-0.1, -0.05) is 0 Å². The van der Waals surface area contributed by atoms with E-state index in [1.165, 1.54) is 0 Å². The van der Waals surface area contributed by atoms with E-state index >= 15 is 0 Å². The molecule has 0 bridgehead atoms. The summed E-state index contributed by atoms with van der Waals surface area (Å²) in [6.07, 6.45) is -5.90. The van der Waals surface area contributed by atoms with Crippen LogP contribution in [0.4, 0.5) is 0 Å². The number of ether oxygens (including phenoxy) is 2. The lowest BCUT2D eigenvalue weighted by Crippen LogP contribution is -2.47. The van der Waals surface area contributed by atoms with Crippen LogP contribution in [0, 0.1) is 0 Å². The molecule has 0 amide bonds. The van der Waals surface area contributed by atoms with Gasteiger partial charge in [0.15, 0.2) is 6.29 Å². The second kappa shape index (κ2) is 6.86. The average Bonchev–Trinajstić information content (AvgIpc) is 2.30. The van der Waals surface area contributed by atoms with E-state index in [0.717, 1.165) is 0 Å². The van der Waals surface area contributed by atoms with Gasteiger partial charge in [-0.3, -0.25) is 0 Å². The highest BCUT2D eigenvalue weighted by molar-refractivity contribution is 5.56. The summed E-state index contributed by atoms with van der Waals surface area (Å²) in [4.78, 5) is 10.2. The van der Waals surface area contributed by atoms with Crippen molar-refractivity contribution < 1.29 is 32.3 Å². The second-order valence-corrected chi connectivity index (χ2v) is 2.69. The first-order valence-electron chi connectivity index (χ1n) is 5.27. The molecule has 3 N–H and O–H groups in total. The monoisotopic (exact) mass is 210 g/mol. The van der Waals surface area contributed by atoms with Crippen molar-refractivity contribution in [2.75, 3.05) is 20.8 Å². The number of hydrogen-bond acceptors (Lipinski definition) is 6. The number of carbonyl (C=O) groups excluding carboxylic acids is 1. The van der Waals surface area contributed by atoms with Crippen molar-refractivity contribution in [3.63, 3.8) is 0 Å². The van der Waals surface area contributed by atoms with Gasteiger partial charge in [-0.05, 0) is 0 Å². The average molecular weight is 210 g/mol. The molecule has 0 spiro atoms. The molecule has 0 aromatic heterocycles. The van der Waals surface area contributed by atoms with E-state index in [1.54, 1.807) is 0 Å². The van der Waals surface area contributed by atoms with E-state index in [1.807, 2.05) is 0 Å². The molecule has 0 aromatic rings. The summed E-state index contributed by atoms with van der Waals surface area (Å²) in [5.74, 6) is 0. The van der Waals surface area contributed by atoms with Crippen LogP contribution in [-0.4, -0.2) is 66.8 Å². The maximum absolute atomic E-state index is 10.2. The highest BCUT2D eigenvalue weighted by atomic mass is 16.5. The summed E-state index contributed by atoms with van der Waals surface area (Å²) in [5.41, 5.74) is 0. The molecule has 0 aliphatic rings. The minimum Gasteiger partial charge on any atom is -0.388 e. The number of aliphatic hydroxyl groups is 3. The van der Waals surface area contributed by atoms with Crippen LogP contribution < -0.4 is 0 Å². The Morgan fingerprint density at radius 2 is 2.14 bits per heavy atom. The molecular weight excluding hydrogens is 192 g/mol. The molecule has 4 atom stereocenters. The number of aliphatic hydroxyl groups excluding tert-OH is 3. The van der Waals surface area contributed by atoms with Gasteiger partial charge in [-0.15, -0.1) is 0 Å². The normalized spacial score (nSPS) is 21.6. The summed E-state index contributed by atoms with van der Waals surface area (Å²) < 4.78 is 22.8. The molecule has 6 nitrogen and oxygen atoms in total. The Morgan fingerprint density at radius 1 is 1.43 bits per heavy atom. The van der Waals surface area contributed by atoms with Crippen LogP contribution in [0.2, 0.25) is 0 Å². The first-order chi connectivity index (χ1) is 7.58. The smallest absolute Gasteiger partial charge is 0.151 e. The molecule has 0 rings (SSSR count). The van der Waals surface area contributed by atoms with Crippen LogP contribution in [0.3, 0.4) is 0 Å². The first-order valence-corrected chi connectivity index (χ1v) is 3.85. The third-order valence-corrected chi connectivity index (χ3v) is 1.69. The zero-order valence-corrected chi connectivity index (χ0v) is 7.57. The topological polar surface area (TPSA) is 96.2 Å². The number of aldehydes is 1. The Hall–Kier alpha value is -0.530. The quantitative estimate of drug-likeness (QED) is 0.418. The molecule has 0 fully saturated rings. The van der Waals surface area contributed by atoms with Crippen molar-refractivity contribution in [1.82, 2.24) is 0 Å². The van der Waals surface area contributed by atoms with E-state index in [0.29, 0.717) is 0 Å². The van der Waals surface area contributed by atoms with Gasteiger partial charge in [-0.2, -0.15) is 0 Å². The van der Waals surface area contributed by atoms with Crippen molar-refractivity contribution in [3.05, 3.63) is 0 Å². The van der Waals surface area contributed by atoms with Gasteiger partial charge in [0.05, 0.1) is 9.35 Å². The number of carbonyl (C=O) groups is 1. The number of methoxy groups -OCH3 is 2. The lowest BCUT2D eigenvalue weighted by molar-refractivity contribution is -0.144. The number of rotatable bonds is 7. The fraction of sp³-hybridized carbons (Fsp3) is 0.875. The maximum Gasteiger partial charge on any atom is 0.151 e. The van der Waals surface area contributed by atoms with Gasteiger partial charge < -0.3 is 29.6 Å². The highest BCUT2D eigenvalue weighted by Gasteiger charge is 2.31. The van der Waals surface area contributed by atoms with Crippen molar-refractivity contribution in [1.29, 1.82) is 0 Å². The Morgan fingerprint density at radius 3 is 2.64 bits per heavy atom. The molecule has 0 unspecified atom stereocenters. The SMILES string of the molecule is [2H]COC[C@H](O)[C@H](OC[2H])[C@@H](O)[C@@H](O)C=O. The number of hydrogen-bond donors (Lipinski definition) is 3. The molecule has 0 aromatic carbocycles. The summed E-state index contributed by atoms with van der Waals surface area (Å²) in [6, 6.07) is 0. The van der Waals surface area contributed by atoms with E-state index in [4.69, 9.17) is 12.6 Å². The summed E-state index contributed by atoms with van der Waals surface area (Å²) in [5, 5.41) is 28.0. The summed E-state index contributed by atoms with van der Waals surface area (Å²) in [7, 11) is -0.928. The third-order valence-electron chi connectivity index (χ3n) is 1.69. The molecule has 0 heterocycles. The molecule has 14 heavy (non-hydrogen) atoms. The third kappa shape index (κ3) is 3.69. The predicted molar refractivity (Wildman–Crippen MR) is 46.8 cm³/mol. The molecule has 0 saturated heterocycles. The van der Waals surface area contributed by atoms with Crippen LogP contribution in [0.5, 0.6) is 0 Å². The summed E-state index contributed by atoms with van der Waals surface area (Å²) in [6.45, 7) is -0.295. The molecule has 84 valence electrons. The van der Waals surface area contributed by atoms with E-state index < -0.39 is 31.5 Å². The van der Waals surface area contributed by atoms with Crippen molar-refractivity contribution in [2.24, 2.45) is 0 Å². The van der Waals surface area contributed by atoms with Gasteiger partial charge >= 0.3 is 0 Å². The Bertz CT molecular complexity index is 193. The molecule has 0 aliphatic carbocycles. The first kappa shape index (κ1) is 10.0. The zero-order valence-electron chi connectivity index (χ0n) is 9.57. The molecule has 0 saturated carbocycles. The zero-order chi connectivity index (χ0) is 12.6. The lowest BCUT2D eigenvalue weighted by atomic mass is 10.0. The minimum atomic E-state index is -1.71. The fourth-order valence-electron chi connectivity index (χ4n) is 0.928. The van der Waals surface area contributed by atoms with E-state index in [2.05, 4.69) is 4.74 Å². The van der Waals surface area contributed by atoms with Crippen molar-refractivity contribution in [3.8, 4) is 0 Å². The minimum absolute atomic E-state index is 0.100. The fourth-order valence-corrected chi connectivity index (χ4v) is 0.928. The van der Waals surface area contributed by atoms with Crippen LogP contribution in [0.25, 0.3) is 0 Å². The Balaban J connectivity index is 4.38. The van der Waals surface area contributed by atoms with Gasteiger partial charge in [0.1, 0.15) is 24.4 Å². The van der Waals surface area contributed by atoms with Crippen LogP contribution in [-0.2, 0) is 14.3 Å². The van der Waals surface area contributed by atoms with Gasteiger partial charge in [-0.25, -0.2) is 0 Å². The van der Waals surface area contributed by atoms with Crippen LogP contribution >= 0.6 is 0 Å². The van der Waals surface area contributed by atoms with E-state index in [-0.39, 0.29) is 20.0 Å². The van der Waals surface area contributed by atoms with Gasteiger partial charge in [0, 0.05) is 14.2 Å². The largest absolute Gasteiger partial charge is 0.388 e. The van der Waals surface area contributed by atoms with E-state index in [9.17, 15) is 15.0 Å². The Kier molecular flexibility index (Phi) is 4.90. The molecule has 6 heteroatoms. The van der Waals surface area contributed by atoms with Crippen molar-refractivity contribution in [2.45, 2.75) is 24.4 Å². The van der Waals surface area contributed by atoms with Gasteiger partial charge in [0.25, 0.3) is 0 Å². The predicted octanol–water partition coefficient (Wildman–Crippen LogP) is -2.07. The summed E-state index contributed by atoms with van der Waals surface area (Å²) >= 11 is 0. The van der Waals surface area contributed by atoms with Gasteiger partial charge in [0.2, 0.25) is 0 Å². The second-order valence-electron chi connectivity index (χ2n) is 2.69. The maximum atomic E-state index is 10.2. The molecule has 0 aliphatic heterocycles. The van der Waals surface area contributed by atoms with Crippen LogP contribution in [0.15, 0.2) is 0 Å². The van der Waals surface area contributed by atoms with Crippen molar-refractivity contribution >= 4 is 6.29 Å². The Labute approximate surface area is 84.9 Å². The molecular formula is C8H16O6. The highest BCUT2D eigenvalue weighted by Crippen LogP contribution is 2.08. The van der Waals surface area contributed by atoms with Crippen LogP contribution in [0.1, 0.15) is 2.74 Å². The molecule has 0 radical (unpaired) electrons.